The van der Waals surface area contributed by atoms with Crippen LogP contribution in [0.15, 0.2) is 77.7 Å². The zero-order chi connectivity index (χ0) is 28.5. The van der Waals surface area contributed by atoms with Crippen molar-refractivity contribution < 1.29 is 27.5 Å². The molecule has 0 spiro atoms. The van der Waals surface area contributed by atoms with Gasteiger partial charge in [-0.15, -0.1) is 0 Å². The van der Waals surface area contributed by atoms with Crippen molar-refractivity contribution in [2.45, 2.75) is 44.4 Å². The summed E-state index contributed by atoms with van der Waals surface area (Å²) < 4.78 is 34.6. The molecule has 3 aromatic rings. The minimum Gasteiger partial charge on any atom is -0.466 e. The molecule has 2 heterocycles. The normalized spacial score (nSPS) is 18.8. The molecule has 0 saturated heterocycles. The lowest BCUT2D eigenvalue weighted by Crippen LogP contribution is -2.39. The van der Waals surface area contributed by atoms with Gasteiger partial charge in [0.2, 0.25) is 0 Å². The molecule has 1 atom stereocenters. The van der Waals surface area contributed by atoms with Crippen molar-refractivity contribution in [3.8, 4) is 0 Å². The van der Waals surface area contributed by atoms with Crippen LogP contribution in [0.4, 0.5) is 5.69 Å². The summed E-state index contributed by atoms with van der Waals surface area (Å²) in [6.07, 6.45) is 1.21. The van der Waals surface area contributed by atoms with E-state index in [-0.39, 0.29) is 49.2 Å². The topological polar surface area (TPSA) is 101 Å². The van der Waals surface area contributed by atoms with Gasteiger partial charge in [0.15, 0.2) is 0 Å². The molecule has 2 aliphatic heterocycles. The van der Waals surface area contributed by atoms with E-state index in [1.807, 2.05) is 19.1 Å². The average molecular weight is 561 g/mol. The molecule has 2 aliphatic rings. The minimum atomic E-state index is -3.90. The van der Waals surface area contributed by atoms with Gasteiger partial charge in [-0.25, -0.2) is 8.42 Å². The number of amides is 2. The van der Waals surface area contributed by atoms with Crippen LogP contribution < -0.4 is 4.31 Å². The van der Waals surface area contributed by atoms with Gasteiger partial charge in [-0.1, -0.05) is 48.0 Å². The number of rotatable bonds is 8. The second-order valence-electron chi connectivity index (χ2n) is 10.4. The van der Waals surface area contributed by atoms with Gasteiger partial charge < -0.3 is 4.74 Å². The van der Waals surface area contributed by atoms with Crippen LogP contribution in [0.1, 0.15) is 58.0 Å². The molecule has 3 aromatic carbocycles. The van der Waals surface area contributed by atoms with E-state index in [0.29, 0.717) is 29.7 Å². The maximum absolute atomic E-state index is 13.8. The van der Waals surface area contributed by atoms with Gasteiger partial charge in [0.05, 0.1) is 33.7 Å². The lowest BCUT2D eigenvalue weighted by molar-refractivity contribution is -0.156. The van der Waals surface area contributed by atoms with E-state index in [0.717, 1.165) is 11.1 Å². The molecule has 1 unspecified atom stereocenters. The number of anilines is 1. The summed E-state index contributed by atoms with van der Waals surface area (Å²) >= 11 is 0. The van der Waals surface area contributed by atoms with E-state index >= 15 is 0 Å². The molecular weight excluding hydrogens is 528 g/mol. The van der Waals surface area contributed by atoms with Gasteiger partial charge >= 0.3 is 5.97 Å². The Morgan fingerprint density at radius 3 is 2.20 bits per heavy atom. The highest BCUT2D eigenvalue weighted by molar-refractivity contribution is 7.92. The number of esters is 1. The minimum absolute atomic E-state index is 0.0824. The summed E-state index contributed by atoms with van der Waals surface area (Å²) in [6.45, 7) is 4.06. The van der Waals surface area contributed by atoms with E-state index in [1.54, 1.807) is 67.6 Å². The zero-order valence-corrected chi connectivity index (χ0v) is 23.4. The number of hydrogen-bond donors (Lipinski definition) is 0. The molecule has 208 valence electrons. The van der Waals surface area contributed by atoms with E-state index in [9.17, 15) is 22.8 Å². The number of hydrogen-bond acceptors (Lipinski definition) is 6. The largest absolute Gasteiger partial charge is 0.466 e. The van der Waals surface area contributed by atoms with Crippen LogP contribution in [0.25, 0.3) is 0 Å². The van der Waals surface area contributed by atoms with Gasteiger partial charge in [-0.05, 0) is 75.4 Å². The van der Waals surface area contributed by atoms with Crippen LogP contribution in [-0.2, 0) is 26.0 Å². The second-order valence-corrected chi connectivity index (χ2v) is 12.2. The number of carbonyl (C=O) groups is 3. The van der Waals surface area contributed by atoms with E-state index < -0.39 is 21.4 Å². The lowest BCUT2D eigenvalue weighted by atomic mass is 9.75. The summed E-state index contributed by atoms with van der Waals surface area (Å²) in [4.78, 5) is 40.7. The third-order valence-corrected chi connectivity index (χ3v) is 9.64. The average Bonchev–Trinajstić information content (AvgIpc) is 3.08. The number of fused-ring (bicyclic) bond motifs is 2. The van der Waals surface area contributed by atoms with Crippen LogP contribution in [-0.4, -0.2) is 50.8 Å². The predicted octanol–water partition coefficient (Wildman–Crippen LogP) is 4.76. The van der Waals surface area contributed by atoms with Crippen molar-refractivity contribution in [2.75, 3.05) is 24.0 Å². The third-order valence-electron chi connectivity index (χ3n) is 7.82. The van der Waals surface area contributed by atoms with E-state index in [1.165, 1.54) is 9.21 Å². The Kier molecular flexibility index (Phi) is 7.51. The number of carbonyl (C=O) groups excluding carboxylic acids is 3. The number of para-hydroxylation sites is 1. The number of nitrogens with zero attached hydrogens (tertiary/aromatic N) is 2. The highest BCUT2D eigenvalue weighted by atomic mass is 32.2. The van der Waals surface area contributed by atoms with Crippen LogP contribution in [0, 0.1) is 12.3 Å². The molecule has 0 aliphatic carbocycles. The van der Waals surface area contributed by atoms with E-state index in [4.69, 9.17) is 4.74 Å². The molecule has 0 fully saturated rings. The molecule has 0 radical (unpaired) electrons. The summed E-state index contributed by atoms with van der Waals surface area (Å²) in [5.74, 6) is -1.08. The molecule has 0 bridgehead atoms. The number of imide groups is 1. The fraction of sp³-hybridized carbons (Fsp3) is 0.323. The molecule has 2 amide bonds. The number of benzene rings is 3. The first-order valence-electron chi connectivity index (χ1n) is 13.5. The van der Waals surface area contributed by atoms with Gasteiger partial charge in [-0.3, -0.25) is 23.6 Å². The van der Waals surface area contributed by atoms with Crippen LogP contribution in [0.2, 0.25) is 0 Å². The first-order chi connectivity index (χ1) is 19.2. The molecule has 8 nitrogen and oxygen atoms in total. The molecule has 0 saturated carbocycles. The number of sulfonamides is 1. The number of ether oxygens (including phenoxy) is 1. The van der Waals surface area contributed by atoms with Crippen molar-refractivity contribution in [3.05, 3.63) is 95.1 Å². The van der Waals surface area contributed by atoms with Crippen LogP contribution >= 0.6 is 0 Å². The fourth-order valence-electron chi connectivity index (χ4n) is 5.67. The molecule has 40 heavy (non-hydrogen) atoms. The highest BCUT2D eigenvalue weighted by Gasteiger charge is 2.45. The Morgan fingerprint density at radius 2 is 1.55 bits per heavy atom. The maximum Gasteiger partial charge on any atom is 0.312 e. The standard InChI is InChI=1S/C31H32N2O6S/c1-3-39-30(36)31(17-8-19-32-28(34)25-10-5-6-11-26(25)29(32)35)18-20-33(27-12-7-4-9-23(27)21-31)40(37,38)24-15-13-22(2)14-16-24/h4-7,9-16H,3,8,17-21H2,1-2H3. The monoisotopic (exact) mass is 560 g/mol. The summed E-state index contributed by atoms with van der Waals surface area (Å²) in [6, 6.07) is 20.7. The Bertz CT molecular complexity index is 1530. The van der Waals surface area contributed by atoms with Crippen LogP contribution in [0.5, 0.6) is 0 Å². The quantitative estimate of drug-likeness (QED) is 0.291. The van der Waals surface area contributed by atoms with Crippen molar-refractivity contribution in [2.24, 2.45) is 5.41 Å². The molecule has 0 N–H and O–H groups in total. The van der Waals surface area contributed by atoms with Crippen molar-refractivity contribution in [1.29, 1.82) is 0 Å². The van der Waals surface area contributed by atoms with Crippen molar-refractivity contribution in [3.63, 3.8) is 0 Å². The molecule has 0 aromatic heterocycles. The van der Waals surface area contributed by atoms with Gasteiger partial charge in [0.1, 0.15) is 0 Å². The summed E-state index contributed by atoms with van der Waals surface area (Å²) in [7, 11) is -3.90. The fourth-order valence-corrected chi connectivity index (χ4v) is 7.17. The summed E-state index contributed by atoms with van der Waals surface area (Å²) in [5, 5.41) is 0. The Labute approximate surface area is 234 Å². The van der Waals surface area contributed by atoms with Gasteiger partial charge in [0.25, 0.3) is 21.8 Å². The van der Waals surface area contributed by atoms with Crippen LogP contribution in [0.3, 0.4) is 0 Å². The number of aryl methyl sites for hydroxylation is 1. The molecule has 5 rings (SSSR count). The lowest BCUT2D eigenvalue weighted by Gasteiger charge is -2.31. The first-order valence-corrected chi connectivity index (χ1v) is 14.9. The molecular formula is C31H32N2O6S. The predicted molar refractivity (Wildman–Crippen MR) is 151 cm³/mol. The zero-order valence-electron chi connectivity index (χ0n) is 22.6. The third kappa shape index (κ3) is 4.90. The SMILES string of the molecule is CCOC(=O)C1(CCCN2C(=O)c3ccccc3C2=O)CCN(S(=O)(=O)c2ccc(C)cc2)c2ccccc2C1. The van der Waals surface area contributed by atoms with Gasteiger partial charge in [0, 0.05) is 13.1 Å². The Balaban J connectivity index is 1.43. The molecule has 9 heteroatoms. The van der Waals surface area contributed by atoms with Gasteiger partial charge in [-0.2, -0.15) is 0 Å². The highest BCUT2D eigenvalue weighted by Crippen LogP contribution is 2.42. The van der Waals surface area contributed by atoms with Crippen molar-refractivity contribution >= 4 is 33.5 Å². The Hall–Kier alpha value is -3.98. The first kappa shape index (κ1) is 27.6. The van der Waals surface area contributed by atoms with E-state index in [2.05, 4.69) is 0 Å². The maximum atomic E-state index is 13.8. The smallest absolute Gasteiger partial charge is 0.312 e. The Morgan fingerprint density at radius 1 is 0.925 bits per heavy atom. The summed E-state index contributed by atoms with van der Waals surface area (Å²) in [5.41, 5.74) is 1.96. The second kappa shape index (κ2) is 10.9. The van der Waals surface area contributed by atoms with Crippen molar-refractivity contribution in [1.82, 2.24) is 4.90 Å².